The van der Waals surface area contributed by atoms with Crippen LogP contribution in [0.3, 0.4) is 0 Å². The maximum absolute atomic E-state index is 9.22. The third-order valence-electron chi connectivity index (χ3n) is 2.60. The van der Waals surface area contributed by atoms with Crippen molar-refractivity contribution in [3.05, 3.63) is 23.9 Å². The molecule has 1 aromatic heterocycles. The molecule has 2 rings (SSSR count). The van der Waals surface area contributed by atoms with Crippen molar-refractivity contribution in [3.8, 4) is 0 Å². The smallest absolute Gasteiger partial charge is 0.128 e. The number of pyridine rings is 1. The van der Waals surface area contributed by atoms with E-state index in [0.29, 0.717) is 5.92 Å². The van der Waals surface area contributed by atoms with Gasteiger partial charge >= 0.3 is 0 Å². The standard InChI is InChI=1S/C12H18N2O/c1-9(2)6-10-4-3-5-12(13-10)14-7-11(15)8-14/h3-5,9,11,15H,6-8H2,1-2H3. The van der Waals surface area contributed by atoms with Gasteiger partial charge in [-0.05, 0) is 24.5 Å². The van der Waals surface area contributed by atoms with Crippen LogP contribution < -0.4 is 4.90 Å². The molecule has 3 nitrogen and oxygen atoms in total. The van der Waals surface area contributed by atoms with E-state index < -0.39 is 0 Å². The van der Waals surface area contributed by atoms with E-state index in [4.69, 9.17) is 0 Å². The molecule has 1 aromatic rings. The molecule has 0 aromatic carbocycles. The molecule has 0 unspecified atom stereocenters. The summed E-state index contributed by atoms with van der Waals surface area (Å²) in [7, 11) is 0. The molecule has 0 saturated carbocycles. The molecular formula is C12H18N2O. The summed E-state index contributed by atoms with van der Waals surface area (Å²) in [6.45, 7) is 5.83. The van der Waals surface area contributed by atoms with Crippen LogP contribution in [0.2, 0.25) is 0 Å². The van der Waals surface area contributed by atoms with Gasteiger partial charge in [-0.2, -0.15) is 0 Å². The van der Waals surface area contributed by atoms with E-state index in [1.807, 2.05) is 12.1 Å². The molecule has 0 spiro atoms. The molecular weight excluding hydrogens is 188 g/mol. The maximum Gasteiger partial charge on any atom is 0.128 e. The van der Waals surface area contributed by atoms with Crippen LogP contribution in [0.1, 0.15) is 19.5 Å². The fourth-order valence-electron chi connectivity index (χ4n) is 1.82. The van der Waals surface area contributed by atoms with Crippen molar-refractivity contribution in [1.82, 2.24) is 4.98 Å². The van der Waals surface area contributed by atoms with E-state index in [-0.39, 0.29) is 6.10 Å². The summed E-state index contributed by atoms with van der Waals surface area (Å²) in [5, 5.41) is 9.22. The molecule has 1 saturated heterocycles. The minimum atomic E-state index is -0.166. The first-order chi connectivity index (χ1) is 7.15. The van der Waals surface area contributed by atoms with Crippen molar-refractivity contribution >= 4 is 5.82 Å². The number of β-amino-alcohol motifs (C(OH)–C–C–N with tert-alkyl or cyclic N) is 1. The molecule has 1 aliphatic heterocycles. The van der Waals surface area contributed by atoms with Gasteiger partial charge in [0.05, 0.1) is 6.10 Å². The molecule has 0 aliphatic carbocycles. The summed E-state index contributed by atoms with van der Waals surface area (Å²) < 4.78 is 0. The number of hydrogen-bond donors (Lipinski definition) is 1. The third kappa shape index (κ3) is 2.48. The van der Waals surface area contributed by atoms with Crippen LogP contribution in [-0.4, -0.2) is 29.3 Å². The van der Waals surface area contributed by atoms with E-state index in [2.05, 4.69) is 29.8 Å². The Morgan fingerprint density at radius 3 is 2.80 bits per heavy atom. The van der Waals surface area contributed by atoms with Crippen LogP contribution in [0, 0.1) is 5.92 Å². The van der Waals surface area contributed by atoms with E-state index in [9.17, 15) is 5.11 Å². The third-order valence-corrected chi connectivity index (χ3v) is 2.60. The SMILES string of the molecule is CC(C)Cc1cccc(N2CC(O)C2)n1. The largest absolute Gasteiger partial charge is 0.389 e. The average Bonchev–Trinajstić information content (AvgIpc) is 2.12. The van der Waals surface area contributed by atoms with Crippen LogP contribution >= 0.6 is 0 Å². The zero-order valence-corrected chi connectivity index (χ0v) is 9.35. The first-order valence-electron chi connectivity index (χ1n) is 5.54. The lowest BCUT2D eigenvalue weighted by Gasteiger charge is -2.37. The zero-order chi connectivity index (χ0) is 10.8. The lowest BCUT2D eigenvalue weighted by atomic mass is 10.1. The molecule has 1 N–H and O–H groups in total. The molecule has 1 aliphatic rings. The number of anilines is 1. The number of aromatic nitrogens is 1. The second-order valence-corrected chi connectivity index (χ2v) is 4.64. The number of rotatable bonds is 3. The number of nitrogens with zero attached hydrogens (tertiary/aromatic N) is 2. The molecule has 0 bridgehead atoms. The highest BCUT2D eigenvalue weighted by atomic mass is 16.3. The van der Waals surface area contributed by atoms with Crippen molar-refractivity contribution in [1.29, 1.82) is 0 Å². The summed E-state index contributed by atoms with van der Waals surface area (Å²) in [6.07, 6.45) is 0.852. The van der Waals surface area contributed by atoms with Crippen LogP contribution in [0.25, 0.3) is 0 Å². The van der Waals surface area contributed by atoms with E-state index in [0.717, 1.165) is 31.0 Å². The van der Waals surface area contributed by atoms with Gasteiger partial charge in [0.1, 0.15) is 5.82 Å². The first kappa shape index (κ1) is 10.4. The van der Waals surface area contributed by atoms with Gasteiger partial charge in [-0.3, -0.25) is 0 Å². The normalized spacial score (nSPS) is 16.9. The average molecular weight is 206 g/mol. The van der Waals surface area contributed by atoms with Gasteiger partial charge in [-0.25, -0.2) is 4.98 Å². The Morgan fingerprint density at radius 2 is 2.20 bits per heavy atom. The molecule has 2 heterocycles. The highest BCUT2D eigenvalue weighted by molar-refractivity contribution is 5.42. The second kappa shape index (κ2) is 4.19. The highest BCUT2D eigenvalue weighted by Crippen LogP contribution is 2.19. The van der Waals surface area contributed by atoms with Gasteiger partial charge in [0, 0.05) is 18.8 Å². The summed E-state index contributed by atoms with van der Waals surface area (Å²) >= 11 is 0. The van der Waals surface area contributed by atoms with Gasteiger partial charge in [-0.15, -0.1) is 0 Å². The lowest BCUT2D eigenvalue weighted by Crippen LogP contribution is -2.51. The van der Waals surface area contributed by atoms with Gasteiger partial charge < -0.3 is 10.0 Å². The number of aliphatic hydroxyl groups excluding tert-OH is 1. The quantitative estimate of drug-likeness (QED) is 0.813. The maximum atomic E-state index is 9.22. The predicted octanol–water partition coefficient (Wildman–Crippen LogP) is 1.46. The van der Waals surface area contributed by atoms with Crippen LogP contribution in [0.4, 0.5) is 5.82 Å². The molecule has 0 atom stereocenters. The zero-order valence-electron chi connectivity index (χ0n) is 9.35. The van der Waals surface area contributed by atoms with Gasteiger partial charge in [-0.1, -0.05) is 19.9 Å². The number of hydrogen-bond acceptors (Lipinski definition) is 3. The molecule has 0 amide bonds. The van der Waals surface area contributed by atoms with Crippen LogP contribution in [-0.2, 0) is 6.42 Å². The van der Waals surface area contributed by atoms with Crippen molar-refractivity contribution in [3.63, 3.8) is 0 Å². The van der Waals surface area contributed by atoms with Gasteiger partial charge in [0.25, 0.3) is 0 Å². The molecule has 1 fully saturated rings. The van der Waals surface area contributed by atoms with Crippen molar-refractivity contribution in [2.24, 2.45) is 5.92 Å². The van der Waals surface area contributed by atoms with Gasteiger partial charge in [0.2, 0.25) is 0 Å². The first-order valence-corrected chi connectivity index (χ1v) is 5.54. The second-order valence-electron chi connectivity index (χ2n) is 4.64. The monoisotopic (exact) mass is 206 g/mol. The summed E-state index contributed by atoms with van der Waals surface area (Å²) in [6, 6.07) is 6.13. The summed E-state index contributed by atoms with van der Waals surface area (Å²) in [5.41, 5.74) is 1.14. The van der Waals surface area contributed by atoms with Crippen molar-refractivity contribution in [2.75, 3.05) is 18.0 Å². The topological polar surface area (TPSA) is 36.4 Å². The summed E-state index contributed by atoms with van der Waals surface area (Å²) in [4.78, 5) is 6.69. The Kier molecular flexibility index (Phi) is 2.91. The van der Waals surface area contributed by atoms with Gasteiger partial charge in [0.15, 0.2) is 0 Å². The Bertz CT molecular complexity index is 332. The molecule has 0 radical (unpaired) electrons. The minimum Gasteiger partial charge on any atom is -0.389 e. The fraction of sp³-hybridized carbons (Fsp3) is 0.583. The minimum absolute atomic E-state index is 0.166. The molecule has 3 heteroatoms. The van der Waals surface area contributed by atoms with Crippen molar-refractivity contribution in [2.45, 2.75) is 26.4 Å². The Morgan fingerprint density at radius 1 is 1.47 bits per heavy atom. The lowest BCUT2D eigenvalue weighted by molar-refractivity contribution is 0.141. The van der Waals surface area contributed by atoms with Crippen LogP contribution in [0.5, 0.6) is 0 Å². The summed E-state index contributed by atoms with van der Waals surface area (Å²) in [5.74, 6) is 1.63. The number of aliphatic hydroxyl groups is 1. The molecule has 82 valence electrons. The van der Waals surface area contributed by atoms with E-state index in [1.165, 1.54) is 0 Å². The Labute approximate surface area is 90.8 Å². The van der Waals surface area contributed by atoms with E-state index in [1.54, 1.807) is 0 Å². The molecule has 15 heavy (non-hydrogen) atoms. The predicted molar refractivity (Wildman–Crippen MR) is 61.0 cm³/mol. The fourth-order valence-corrected chi connectivity index (χ4v) is 1.82. The van der Waals surface area contributed by atoms with Crippen LogP contribution in [0.15, 0.2) is 18.2 Å². The van der Waals surface area contributed by atoms with Crippen molar-refractivity contribution < 1.29 is 5.11 Å². The highest BCUT2D eigenvalue weighted by Gasteiger charge is 2.25. The Balaban J connectivity index is 2.06. The Hall–Kier alpha value is -1.09. The van der Waals surface area contributed by atoms with E-state index >= 15 is 0 Å².